The van der Waals surface area contributed by atoms with Crippen LogP contribution in [0.3, 0.4) is 0 Å². The van der Waals surface area contributed by atoms with E-state index in [0.29, 0.717) is 41.2 Å². The first-order valence-electron chi connectivity index (χ1n) is 9.54. The van der Waals surface area contributed by atoms with Gasteiger partial charge in [0.15, 0.2) is 0 Å². The van der Waals surface area contributed by atoms with E-state index < -0.39 is 20.9 Å². The fourth-order valence-corrected chi connectivity index (χ4v) is 5.62. The lowest BCUT2D eigenvalue weighted by Gasteiger charge is -2.31. The summed E-state index contributed by atoms with van der Waals surface area (Å²) in [6.45, 7) is 2.08. The molecule has 1 aliphatic heterocycles. The number of halogens is 2. The second-order valence-electron chi connectivity index (χ2n) is 7.43. The summed E-state index contributed by atoms with van der Waals surface area (Å²) in [5.41, 5.74) is 1.32. The zero-order chi connectivity index (χ0) is 22.8. The standard InChI is InChI=1S/C20H21Cl2N3O5S/c1-13-4-7-17(25(27)28)10-19(13)23-20(26)14-3-2-8-24(11-14)31(29,30)12-15-5-6-16(21)9-18(15)22/h4-7,9-10,14H,2-3,8,11-12H2,1H3,(H,23,26). The molecule has 1 unspecified atom stereocenters. The summed E-state index contributed by atoms with van der Waals surface area (Å²) in [4.78, 5) is 23.2. The highest BCUT2D eigenvalue weighted by Crippen LogP contribution is 2.28. The molecule has 0 bridgehead atoms. The van der Waals surface area contributed by atoms with E-state index in [1.165, 1.54) is 22.5 Å². The second-order valence-corrected chi connectivity index (χ2v) is 10.2. The van der Waals surface area contributed by atoms with E-state index in [0.717, 1.165) is 0 Å². The largest absolute Gasteiger partial charge is 0.325 e. The molecule has 0 spiro atoms. The molecule has 2 aromatic rings. The first kappa shape index (κ1) is 23.5. The fraction of sp³-hybridized carbons (Fsp3) is 0.350. The maximum atomic E-state index is 12.9. The summed E-state index contributed by atoms with van der Waals surface area (Å²) < 4.78 is 27.1. The van der Waals surface area contributed by atoms with E-state index in [-0.39, 0.29) is 28.9 Å². The summed E-state index contributed by atoms with van der Waals surface area (Å²) in [7, 11) is -3.70. The lowest BCUT2D eigenvalue weighted by Crippen LogP contribution is -2.44. The van der Waals surface area contributed by atoms with Crippen LogP contribution in [-0.2, 0) is 20.6 Å². The van der Waals surface area contributed by atoms with Gasteiger partial charge in [0.2, 0.25) is 15.9 Å². The number of nitrogens with zero attached hydrogens (tertiary/aromatic N) is 2. The van der Waals surface area contributed by atoms with Gasteiger partial charge in [-0.1, -0.05) is 35.3 Å². The molecule has 8 nitrogen and oxygen atoms in total. The molecule has 2 aromatic carbocycles. The smallest absolute Gasteiger partial charge is 0.271 e. The van der Waals surface area contributed by atoms with Crippen LogP contribution in [0, 0.1) is 23.0 Å². The maximum absolute atomic E-state index is 12.9. The van der Waals surface area contributed by atoms with Crippen LogP contribution in [0.2, 0.25) is 10.0 Å². The quantitative estimate of drug-likeness (QED) is 0.481. The molecule has 31 heavy (non-hydrogen) atoms. The number of non-ortho nitro benzene ring substituents is 1. The molecule has 166 valence electrons. The number of hydrogen-bond acceptors (Lipinski definition) is 5. The Balaban J connectivity index is 1.71. The Morgan fingerprint density at radius 2 is 2.00 bits per heavy atom. The molecule has 11 heteroatoms. The van der Waals surface area contributed by atoms with Gasteiger partial charge in [0, 0.05) is 35.3 Å². The van der Waals surface area contributed by atoms with Gasteiger partial charge in [0.05, 0.1) is 22.3 Å². The number of carbonyl (C=O) groups excluding carboxylic acids is 1. The number of amides is 1. The second kappa shape index (κ2) is 9.52. The Kier molecular flexibility index (Phi) is 7.20. The van der Waals surface area contributed by atoms with Crippen molar-refractivity contribution in [1.82, 2.24) is 4.31 Å². The number of sulfonamides is 1. The van der Waals surface area contributed by atoms with Crippen molar-refractivity contribution >= 4 is 50.5 Å². The number of nitro groups is 1. The first-order valence-corrected chi connectivity index (χ1v) is 11.9. The molecule has 1 atom stereocenters. The van der Waals surface area contributed by atoms with Crippen molar-refractivity contribution < 1.29 is 18.1 Å². The van der Waals surface area contributed by atoms with Crippen LogP contribution in [-0.4, -0.2) is 36.6 Å². The molecular weight excluding hydrogens is 465 g/mol. The number of hydrogen-bond donors (Lipinski definition) is 1. The van der Waals surface area contributed by atoms with Gasteiger partial charge < -0.3 is 5.32 Å². The van der Waals surface area contributed by atoms with Crippen LogP contribution in [0.25, 0.3) is 0 Å². The summed E-state index contributed by atoms with van der Waals surface area (Å²) in [5.74, 6) is -1.22. The lowest BCUT2D eigenvalue weighted by molar-refractivity contribution is -0.384. The third-order valence-corrected chi connectivity index (χ3v) is 7.57. The maximum Gasteiger partial charge on any atom is 0.271 e. The van der Waals surface area contributed by atoms with Crippen LogP contribution in [0.15, 0.2) is 36.4 Å². The molecule has 0 aromatic heterocycles. The summed E-state index contributed by atoms with van der Waals surface area (Å²) in [6.07, 6.45) is 1.05. The summed E-state index contributed by atoms with van der Waals surface area (Å²) >= 11 is 12.0. The Hall–Kier alpha value is -2.20. The molecular formula is C20H21Cl2N3O5S. The van der Waals surface area contributed by atoms with Crippen molar-refractivity contribution in [1.29, 1.82) is 0 Å². The average molecular weight is 486 g/mol. The Morgan fingerprint density at radius 3 is 2.68 bits per heavy atom. The predicted octanol–water partition coefficient (Wildman–Crippen LogP) is 4.39. The summed E-state index contributed by atoms with van der Waals surface area (Å²) in [5, 5.41) is 14.4. The van der Waals surface area contributed by atoms with E-state index in [1.807, 2.05) is 0 Å². The van der Waals surface area contributed by atoms with Crippen molar-refractivity contribution in [2.24, 2.45) is 5.92 Å². The highest BCUT2D eigenvalue weighted by Gasteiger charge is 2.33. The van der Waals surface area contributed by atoms with E-state index in [9.17, 15) is 23.3 Å². The fourth-order valence-electron chi connectivity index (χ4n) is 3.43. The molecule has 1 fully saturated rings. The molecule has 3 rings (SSSR count). The van der Waals surface area contributed by atoms with Crippen LogP contribution in [0.1, 0.15) is 24.0 Å². The van der Waals surface area contributed by atoms with Gasteiger partial charge in [-0.2, -0.15) is 0 Å². The minimum absolute atomic E-state index is 0.0351. The third-order valence-electron chi connectivity index (χ3n) is 5.19. The van der Waals surface area contributed by atoms with Crippen LogP contribution < -0.4 is 5.32 Å². The Bertz CT molecular complexity index is 1120. The van der Waals surface area contributed by atoms with E-state index in [4.69, 9.17) is 23.2 Å². The van der Waals surface area contributed by atoms with Gasteiger partial charge in [-0.25, -0.2) is 12.7 Å². The van der Waals surface area contributed by atoms with Crippen molar-refractivity contribution in [3.8, 4) is 0 Å². The van der Waals surface area contributed by atoms with Crippen molar-refractivity contribution in [3.05, 3.63) is 67.7 Å². The normalized spacial score (nSPS) is 17.3. The van der Waals surface area contributed by atoms with E-state index in [2.05, 4.69) is 5.32 Å². The molecule has 1 saturated heterocycles. The zero-order valence-electron chi connectivity index (χ0n) is 16.7. The Morgan fingerprint density at radius 1 is 1.26 bits per heavy atom. The van der Waals surface area contributed by atoms with Gasteiger partial charge in [0.1, 0.15) is 0 Å². The van der Waals surface area contributed by atoms with Gasteiger partial charge >= 0.3 is 0 Å². The minimum atomic E-state index is -3.70. The first-order chi connectivity index (χ1) is 14.6. The number of rotatable bonds is 6. The molecule has 1 N–H and O–H groups in total. The Labute approximate surface area is 190 Å². The molecule has 0 aliphatic carbocycles. The highest BCUT2D eigenvalue weighted by atomic mass is 35.5. The number of carbonyl (C=O) groups is 1. The zero-order valence-corrected chi connectivity index (χ0v) is 19.0. The minimum Gasteiger partial charge on any atom is -0.325 e. The SMILES string of the molecule is Cc1ccc([N+](=O)[O-])cc1NC(=O)C1CCCN(S(=O)(=O)Cc2ccc(Cl)cc2Cl)C1. The third kappa shape index (κ3) is 5.74. The molecule has 1 aliphatic rings. The van der Waals surface area contributed by atoms with E-state index >= 15 is 0 Å². The molecule has 1 amide bonds. The summed E-state index contributed by atoms with van der Waals surface area (Å²) in [6, 6.07) is 8.85. The van der Waals surface area contributed by atoms with Crippen LogP contribution in [0.5, 0.6) is 0 Å². The van der Waals surface area contributed by atoms with Gasteiger partial charge in [0.25, 0.3) is 5.69 Å². The van der Waals surface area contributed by atoms with Crippen molar-refractivity contribution in [3.63, 3.8) is 0 Å². The van der Waals surface area contributed by atoms with Crippen LogP contribution in [0.4, 0.5) is 11.4 Å². The predicted molar refractivity (Wildman–Crippen MR) is 120 cm³/mol. The van der Waals surface area contributed by atoms with Crippen LogP contribution >= 0.6 is 23.2 Å². The lowest BCUT2D eigenvalue weighted by atomic mass is 9.98. The number of anilines is 1. The topological polar surface area (TPSA) is 110 Å². The molecule has 1 heterocycles. The van der Waals surface area contributed by atoms with Gasteiger partial charge in [-0.15, -0.1) is 0 Å². The number of aryl methyl sites for hydroxylation is 1. The highest BCUT2D eigenvalue weighted by molar-refractivity contribution is 7.88. The molecule has 0 saturated carbocycles. The van der Waals surface area contributed by atoms with Gasteiger partial charge in [-0.05, 0) is 43.0 Å². The average Bonchev–Trinajstić information content (AvgIpc) is 2.71. The molecule has 0 radical (unpaired) electrons. The van der Waals surface area contributed by atoms with E-state index in [1.54, 1.807) is 25.1 Å². The van der Waals surface area contributed by atoms with Crippen molar-refractivity contribution in [2.75, 3.05) is 18.4 Å². The number of piperidine rings is 1. The number of nitro benzene ring substituents is 1. The number of benzene rings is 2. The number of nitrogens with one attached hydrogen (secondary N) is 1. The van der Waals surface area contributed by atoms with Crippen molar-refractivity contribution in [2.45, 2.75) is 25.5 Å². The monoisotopic (exact) mass is 485 g/mol. The van der Waals surface area contributed by atoms with Gasteiger partial charge in [-0.3, -0.25) is 14.9 Å².